The minimum Gasteiger partial charge on any atom is -0.489 e. The van der Waals surface area contributed by atoms with Gasteiger partial charge in [-0.3, -0.25) is 4.90 Å². The van der Waals surface area contributed by atoms with E-state index in [0.717, 1.165) is 0 Å². The quantitative estimate of drug-likeness (QED) is 0.888. The summed E-state index contributed by atoms with van der Waals surface area (Å²) in [4.78, 5) is 13.2. The Hall–Kier alpha value is -2.75. The van der Waals surface area contributed by atoms with E-state index in [-0.39, 0.29) is 13.2 Å². The third-order valence-electron chi connectivity index (χ3n) is 3.85. The first-order valence-corrected chi connectivity index (χ1v) is 7.99. The zero-order valence-electron chi connectivity index (χ0n) is 13.2. The summed E-state index contributed by atoms with van der Waals surface area (Å²) >= 11 is 6.12. The average Bonchev–Trinajstić information content (AvgIpc) is 3.02. The summed E-state index contributed by atoms with van der Waals surface area (Å²) in [6, 6.07) is 14.1. The number of aliphatic hydroxyl groups excluding tert-OH is 1. The van der Waals surface area contributed by atoms with Gasteiger partial charge in [0.2, 0.25) is 0 Å². The molecule has 6 nitrogen and oxygen atoms in total. The molecule has 1 fully saturated rings. The molecule has 3 rings (SSSR count). The van der Waals surface area contributed by atoms with E-state index in [9.17, 15) is 4.79 Å². The third kappa shape index (κ3) is 3.68. The maximum atomic E-state index is 11.8. The molecule has 0 bridgehead atoms. The second kappa shape index (κ2) is 7.43. The molecule has 1 aliphatic rings. The Labute approximate surface area is 149 Å². The van der Waals surface area contributed by atoms with Crippen LogP contribution in [0.2, 0.25) is 5.02 Å². The Balaban J connectivity index is 1.68. The number of hydrogen-bond donors (Lipinski definition) is 1. The number of rotatable bonds is 5. The normalized spacial score (nSPS) is 16.4. The van der Waals surface area contributed by atoms with Crippen LogP contribution in [0.1, 0.15) is 11.1 Å². The molecule has 1 unspecified atom stereocenters. The molecule has 2 aromatic rings. The van der Waals surface area contributed by atoms with Gasteiger partial charge in [0.25, 0.3) is 0 Å². The molecule has 0 aromatic heterocycles. The highest BCUT2D eigenvalue weighted by molar-refractivity contribution is 6.31. The molecule has 0 saturated carbocycles. The summed E-state index contributed by atoms with van der Waals surface area (Å²) in [6.45, 7) is 0.267. The number of hydrogen-bond acceptors (Lipinski definition) is 5. The first-order chi connectivity index (χ1) is 12.1. The predicted molar refractivity (Wildman–Crippen MR) is 91.6 cm³/mol. The number of benzene rings is 2. The van der Waals surface area contributed by atoms with Gasteiger partial charge in [0, 0.05) is 16.3 Å². The van der Waals surface area contributed by atoms with Crippen LogP contribution in [0.3, 0.4) is 0 Å². The number of ether oxygens (including phenoxy) is 2. The van der Waals surface area contributed by atoms with Crippen molar-refractivity contribution in [3.05, 3.63) is 58.6 Å². The fourth-order valence-electron chi connectivity index (χ4n) is 2.52. The van der Waals surface area contributed by atoms with Crippen molar-refractivity contribution in [2.75, 3.05) is 18.1 Å². The monoisotopic (exact) mass is 358 g/mol. The lowest BCUT2D eigenvalue weighted by molar-refractivity contribution is 0.0963. The minimum atomic E-state index is -0.506. The molecule has 2 aromatic carbocycles. The van der Waals surface area contributed by atoms with Crippen molar-refractivity contribution in [3.63, 3.8) is 0 Å². The molecule has 1 aliphatic heterocycles. The lowest BCUT2D eigenvalue weighted by Gasteiger charge is -2.14. The number of nitrogens with zero attached hydrogens (tertiary/aromatic N) is 2. The Morgan fingerprint density at radius 1 is 1.32 bits per heavy atom. The second-order valence-corrected chi connectivity index (χ2v) is 5.87. The maximum absolute atomic E-state index is 11.8. The average molecular weight is 359 g/mol. The number of aliphatic hydroxyl groups is 1. The SMILES string of the molecule is N#Cc1cccc(Cl)c1COc1ccc(N2CC(CO)OC2=O)cc1. The highest BCUT2D eigenvalue weighted by atomic mass is 35.5. The van der Waals surface area contributed by atoms with E-state index in [1.165, 1.54) is 4.90 Å². The molecule has 0 radical (unpaired) electrons. The first kappa shape index (κ1) is 17.1. The Kier molecular flexibility index (Phi) is 5.08. The van der Waals surface area contributed by atoms with Crippen LogP contribution in [-0.2, 0) is 11.3 Å². The topological polar surface area (TPSA) is 82.8 Å². The summed E-state index contributed by atoms with van der Waals surface area (Å²) in [5.41, 5.74) is 1.76. The number of amides is 1. The molecular weight excluding hydrogens is 344 g/mol. The Morgan fingerprint density at radius 3 is 2.72 bits per heavy atom. The summed E-state index contributed by atoms with van der Waals surface area (Å²) in [7, 11) is 0. The standard InChI is InChI=1S/C18H15ClN2O4/c19-17-3-1-2-12(8-20)16(17)11-24-14-6-4-13(5-7-14)21-9-15(10-22)25-18(21)23/h1-7,15,22H,9-11H2. The molecule has 1 saturated heterocycles. The minimum absolute atomic E-state index is 0.167. The zero-order chi connectivity index (χ0) is 17.8. The summed E-state index contributed by atoms with van der Waals surface area (Å²) in [5, 5.41) is 18.7. The van der Waals surface area contributed by atoms with Crippen molar-refractivity contribution in [1.29, 1.82) is 5.26 Å². The zero-order valence-corrected chi connectivity index (χ0v) is 13.9. The van der Waals surface area contributed by atoms with Crippen molar-refractivity contribution < 1.29 is 19.4 Å². The number of halogens is 1. The first-order valence-electron chi connectivity index (χ1n) is 7.61. The summed E-state index contributed by atoms with van der Waals surface area (Å²) < 4.78 is 10.7. The molecule has 1 N–H and O–H groups in total. The molecule has 25 heavy (non-hydrogen) atoms. The van der Waals surface area contributed by atoms with Gasteiger partial charge in [-0.25, -0.2) is 4.79 Å². The van der Waals surface area contributed by atoms with Crippen LogP contribution in [0.4, 0.5) is 10.5 Å². The van der Waals surface area contributed by atoms with Gasteiger partial charge in [-0.15, -0.1) is 0 Å². The molecule has 0 aliphatic carbocycles. The highest BCUT2D eigenvalue weighted by Gasteiger charge is 2.31. The molecule has 1 heterocycles. The molecule has 1 atom stereocenters. The van der Waals surface area contributed by atoms with Gasteiger partial charge in [-0.05, 0) is 36.4 Å². The van der Waals surface area contributed by atoms with Crippen LogP contribution in [0.25, 0.3) is 0 Å². The van der Waals surface area contributed by atoms with Crippen LogP contribution >= 0.6 is 11.6 Å². The van der Waals surface area contributed by atoms with Crippen LogP contribution in [-0.4, -0.2) is 30.5 Å². The van der Waals surface area contributed by atoms with Crippen LogP contribution in [0.15, 0.2) is 42.5 Å². The predicted octanol–water partition coefficient (Wildman–Crippen LogP) is 3.11. The van der Waals surface area contributed by atoms with Crippen molar-refractivity contribution in [1.82, 2.24) is 0 Å². The Morgan fingerprint density at radius 2 is 2.08 bits per heavy atom. The van der Waals surface area contributed by atoms with Crippen LogP contribution in [0.5, 0.6) is 5.75 Å². The molecule has 1 amide bonds. The van der Waals surface area contributed by atoms with Gasteiger partial charge in [0.05, 0.1) is 24.8 Å². The van der Waals surface area contributed by atoms with E-state index in [2.05, 4.69) is 6.07 Å². The molecular formula is C18H15ClN2O4. The van der Waals surface area contributed by atoms with Crippen molar-refractivity contribution in [3.8, 4) is 11.8 Å². The van der Waals surface area contributed by atoms with Crippen molar-refractivity contribution >= 4 is 23.4 Å². The number of carbonyl (C=O) groups excluding carboxylic acids is 1. The van der Waals surface area contributed by atoms with Gasteiger partial charge < -0.3 is 14.6 Å². The van der Waals surface area contributed by atoms with Gasteiger partial charge in [0.15, 0.2) is 0 Å². The van der Waals surface area contributed by atoms with Crippen LogP contribution in [0, 0.1) is 11.3 Å². The van der Waals surface area contributed by atoms with Crippen LogP contribution < -0.4 is 9.64 Å². The molecule has 0 spiro atoms. The van der Waals surface area contributed by atoms with Gasteiger partial charge in [-0.1, -0.05) is 17.7 Å². The van der Waals surface area contributed by atoms with E-state index in [1.807, 2.05) is 0 Å². The van der Waals surface area contributed by atoms with Gasteiger partial charge >= 0.3 is 6.09 Å². The maximum Gasteiger partial charge on any atom is 0.414 e. The molecule has 128 valence electrons. The van der Waals surface area contributed by atoms with E-state index in [0.29, 0.717) is 34.1 Å². The number of cyclic esters (lactones) is 1. The molecule has 7 heteroatoms. The number of carbonyl (C=O) groups is 1. The smallest absolute Gasteiger partial charge is 0.414 e. The highest BCUT2D eigenvalue weighted by Crippen LogP contribution is 2.26. The lowest BCUT2D eigenvalue weighted by atomic mass is 10.1. The number of anilines is 1. The largest absolute Gasteiger partial charge is 0.489 e. The van der Waals surface area contributed by atoms with Crippen molar-refractivity contribution in [2.24, 2.45) is 0 Å². The lowest BCUT2D eigenvalue weighted by Crippen LogP contribution is -2.25. The third-order valence-corrected chi connectivity index (χ3v) is 4.20. The van der Waals surface area contributed by atoms with E-state index in [1.54, 1.807) is 42.5 Å². The summed E-state index contributed by atoms with van der Waals surface area (Å²) in [6.07, 6.45) is -0.990. The fourth-order valence-corrected chi connectivity index (χ4v) is 2.74. The van der Waals surface area contributed by atoms with Crippen molar-refractivity contribution in [2.45, 2.75) is 12.7 Å². The van der Waals surface area contributed by atoms with E-state index in [4.69, 9.17) is 31.4 Å². The number of nitriles is 1. The second-order valence-electron chi connectivity index (χ2n) is 5.46. The van der Waals surface area contributed by atoms with Gasteiger partial charge in [0.1, 0.15) is 18.5 Å². The van der Waals surface area contributed by atoms with Gasteiger partial charge in [-0.2, -0.15) is 5.26 Å². The Bertz CT molecular complexity index is 817. The van der Waals surface area contributed by atoms with E-state index < -0.39 is 12.2 Å². The fraction of sp³-hybridized carbons (Fsp3) is 0.222. The summed E-state index contributed by atoms with van der Waals surface area (Å²) in [5.74, 6) is 0.582. The van der Waals surface area contributed by atoms with E-state index >= 15 is 0 Å².